The van der Waals surface area contributed by atoms with Crippen LogP contribution in [0.1, 0.15) is 0 Å². The molecule has 0 rings (SSSR count). The Morgan fingerprint density at radius 2 is 1.25 bits per heavy atom. The largest absolute Gasteiger partial charge is 0.668 e. The quantitative estimate of drug-likeness (QED) is 0.522. The number of nitrogens with zero attached hydrogens (tertiary/aromatic N) is 1. The second kappa shape index (κ2) is 8.91. The SMILES string of the molecule is C[N-]C.[La]. The van der Waals surface area contributed by atoms with E-state index in [0.717, 1.165) is 0 Å². The molecule has 0 saturated carbocycles. The van der Waals surface area contributed by atoms with Crippen LogP contribution in [0.25, 0.3) is 5.32 Å². The van der Waals surface area contributed by atoms with E-state index in [4.69, 9.17) is 0 Å². The molecule has 0 saturated heterocycles. The molecular weight excluding hydrogens is 177 g/mol. The minimum absolute atomic E-state index is 0. The van der Waals surface area contributed by atoms with Crippen LogP contribution in [0.5, 0.6) is 0 Å². The summed E-state index contributed by atoms with van der Waals surface area (Å²) in [5.74, 6) is 0. The summed E-state index contributed by atoms with van der Waals surface area (Å²) in [6.45, 7) is 0. The fourth-order valence-electron chi connectivity index (χ4n) is 0. The molecule has 0 heterocycles. The molecule has 0 amide bonds. The molecule has 0 aromatic carbocycles. The molecule has 0 aliphatic heterocycles. The molecule has 0 unspecified atom stereocenters. The van der Waals surface area contributed by atoms with Gasteiger partial charge in [-0.15, -0.1) is 0 Å². The standard InChI is InChI=1S/C2H6N.La/c1-3-2;/h1-2H3;/q-1;. The zero-order valence-electron chi connectivity index (χ0n) is 3.02. The van der Waals surface area contributed by atoms with Crippen molar-refractivity contribution in [2.45, 2.75) is 0 Å². The first kappa shape index (κ1) is 8.94. The van der Waals surface area contributed by atoms with Gasteiger partial charge < -0.3 is 5.32 Å². The summed E-state index contributed by atoms with van der Waals surface area (Å²) in [6.07, 6.45) is 0. The smallest absolute Gasteiger partial charge is 0 e. The van der Waals surface area contributed by atoms with Crippen LogP contribution in [-0.2, 0) is 0 Å². The summed E-state index contributed by atoms with van der Waals surface area (Å²) in [4.78, 5) is 0. The Balaban J connectivity index is 0. The molecule has 0 fully saturated rings. The zero-order chi connectivity index (χ0) is 2.71. The Bertz CT molecular complexity index is 6.00. The van der Waals surface area contributed by atoms with E-state index in [2.05, 4.69) is 5.32 Å². The summed E-state index contributed by atoms with van der Waals surface area (Å²) in [5.41, 5.74) is 0. The van der Waals surface area contributed by atoms with Gasteiger partial charge in [0.2, 0.25) is 0 Å². The predicted molar refractivity (Wildman–Crippen MR) is 15.2 cm³/mol. The first-order valence-electron chi connectivity index (χ1n) is 0.894. The van der Waals surface area contributed by atoms with Crippen molar-refractivity contribution in [3.8, 4) is 0 Å². The average molecular weight is 183 g/mol. The molecule has 1 radical (unpaired) electrons. The van der Waals surface area contributed by atoms with Crippen molar-refractivity contribution in [1.29, 1.82) is 0 Å². The third kappa shape index (κ3) is 11.0. The van der Waals surface area contributed by atoms with Gasteiger partial charge >= 0.3 is 0 Å². The monoisotopic (exact) mass is 183 g/mol. The number of hydrogen-bond donors (Lipinski definition) is 0. The van der Waals surface area contributed by atoms with Crippen molar-refractivity contribution >= 4 is 0 Å². The summed E-state index contributed by atoms with van der Waals surface area (Å²) >= 11 is 0. The molecule has 0 aromatic rings. The van der Waals surface area contributed by atoms with E-state index in [0.29, 0.717) is 0 Å². The van der Waals surface area contributed by atoms with Crippen LogP contribution in [0, 0.1) is 35.6 Å². The second-order valence-corrected chi connectivity index (χ2v) is 0.447. The first-order valence-corrected chi connectivity index (χ1v) is 0.894. The molecule has 4 heavy (non-hydrogen) atoms. The van der Waals surface area contributed by atoms with E-state index < -0.39 is 0 Å². The van der Waals surface area contributed by atoms with Crippen molar-refractivity contribution < 1.29 is 35.6 Å². The van der Waals surface area contributed by atoms with Gasteiger partial charge in [-0.05, 0) is 0 Å². The minimum Gasteiger partial charge on any atom is -0.668 e. The van der Waals surface area contributed by atoms with Crippen molar-refractivity contribution in [2.75, 3.05) is 14.1 Å². The number of hydrogen-bond acceptors (Lipinski definition) is 0. The third-order valence-corrected chi connectivity index (χ3v) is 0. The molecule has 2 heteroatoms. The maximum atomic E-state index is 3.50. The number of rotatable bonds is 0. The molecule has 0 atom stereocenters. The predicted octanol–water partition coefficient (Wildman–Crippen LogP) is 0.620. The van der Waals surface area contributed by atoms with E-state index in [1.807, 2.05) is 0 Å². The Morgan fingerprint density at radius 3 is 1.25 bits per heavy atom. The van der Waals surface area contributed by atoms with Crippen LogP contribution in [0.2, 0.25) is 0 Å². The summed E-state index contributed by atoms with van der Waals surface area (Å²) in [6, 6.07) is 0. The van der Waals surface area contributed by atoms with Gasteiger partial charge in [-0.25, -0.2) is 0 Å². The molecule has 0 aromatic heterocycles. The molecule has 0 bridgehead atoms. The normalized spacial score (nSPS) is 4.50. The van der Waals surface area contributed by atoms with Gasteiger partial charge in [0.25, 0.3) is 0 Å². The Labute approximate surface area is 54.8 Å². The van der Waals surface area contributed by atoms with Crippen LogP contribution in [0.3, 0.4) is 0 Å². The van der Waals surface area contributed by atoms with Crippen molar-refractivity contribution in [3.63, 3.8) is 0 Å². The van der Waals surface area contributed by atoms with Gasteiger partial charge in [0.15, 0.2) is 0 Å². The summed E-state index contributed by atoms with van der Waals surface area (Å²) in [7, 11) is 3.50. The maximum absolute atomic E-state index is 3.50. The van der Waals surface area contributed by atoms with E-state index in [1.165, 1.54) is 0 Å². The Morgan fingerprint density at radius 1 is 1.25 bits per heavy atom. The third-order valence-electron chi connectivity index (χ3n) is 0. The van der Waals surface area contributed by atoms with Gasteiger partial charge in [-0.1, -0.05) is 0 Å². The Hall–Kier alpha value is 1.15. The van der Waals surface area contributed by atoms with Crippen LogP contribution < -0.4 is 0 Å². The van der Waals surface area contributed by atoms with E-state index in [-0.39, 0.29) is 35.6 Å². The van der Waals surface area contributed by atoms with Crippen molar-refractivity contribution in [2.24, 2.45) is 0 Å². The summed E-state index contributed by atoms with van der Waals surface area (Å²) < 4.78 is 0. The molecular formula is C2H6LaN-. The molecule has 23 valence electrons. The van der Waals surface area contributed by atoms with E-state index in [1.54, 1.807) is 14.1 Å². The van der Waals surface area contributed by atoms with Gasteiger partial charge in [0.05, 0.1) is 0 Å². The molecule has 0 spiro atoms. The van der Waals surface area contributed by atoms with Crippen LogP contribution >= 0.6 is 0 Å². The second-order valence-electron chi connectivity index (χ2n) is 0.447. The van der Waals surface area contributed by atoms with E-state index in [9.17, 15) is 0 Å². The molecule has 0 N–H and O–H groups in total. The van der Waals surface area contributed by atoms with Gasteiger partial charge in [0.1, 0.15) is 0 Å². The van der Waals surface area contributed by atoms with Crippen LogP contribution in [0.15, 0.2) is 0 Å². The van der Waals surface area contributed by atoms with Crippen LogP contribution in [-0.4, -0.2) is 14.1 Å². The molecule has 1 nitrogen and oxygen atoms in total. The molecule has 0 aliphatic rings. The van der Waals surface area contributed by atoms with Gasteiger partial charge in [0, 0.05) is 35.6 Å². The van der Waals surface area contributed by atoms with Crippen molar-refractivity contribution in [1.82, 2.24) is 0 Å². The fourth-order valence-corrected chi connectivity index (χ4v) is 0. The van der Waals surface area contributed by atoms with Crippen molar-refractivity contribution in [3.05, 3.63) is 5.32 Å². The summed E-state index contributed by atoms with van der Waals surface area (Å²) in [5, 5.41) is 3.50. The van der Waals surface area contributed by atoms with Crippen LogP contribution in [0.4, 0.5) is 0 Å². The maximum Gasteiger partial charge on any atom is 0 e. The van der Waals surface area contributed by atoms with Gasteiger partial charge in [-0.3, -0.25) is 0 Å². The topological polar surface area (TPSA) is 14.1 Å². The average Bonchev–Trinajstić information content (AvgIpc) is 0.918. The molecule has 0 aliphatic carbocycles. The fraction of sp³-hybridized carbons (Fsp3) is 1.00. The Kier molecular flexibility index (Phi) is 19.9. The van der Waals surface area contributed by atoms with Gasteiger partial charge in [-0.2, -0.15) is 14.1 Å². The minimum atomic E-state index is 0. The zero-order valence-corrected chi connectivity index (χ0v) is 6.65. The van der Waals surface area contributed by atoms with E-state index >= 15 is 0 Å². The first-order chi connectivity index (χ1) is 1.41.